The van der Waals surface area contributed by atoms with Gasteiger partial charge in [-0.15, -0.1) is 0 Å². The van der Waals surface area contributed by atoms with Gasteiger partial charge in [0.15, 0.2) is 0 Å². The Kier molecular flexibility index (Phi) is 7.29. The minimum Gasteiger partial charge on any atom is -0.352 e. The Morgan fingerprint density at radius 2 is 1.96 bits per heavy atom. The van der Waals surface area contributed by atoms with Gasteiger partial charge in [0.05, 0.1) is 0 Å². The molecule has 1 aliphatic heterocycles. The van der Waals surface area contributed by atoms with Crippen LogP contribution in [0.1, 0.15) is 79.5 Å². The molecule has 1 aliphatic rings. The molecule has 24 heavy (non-hydrogen) atoms. The molecule has 4 nitrogen and oxygen atoms in total. The predicted molar refractivity (Wildman–Crippen MR) is 97.3 cm³/mol. The number of nitrogens with zero attached hydrogens (tertiary/aromatic N) is 1. The molecule has 2 amide bonds. The highest BCUT2D eigenvalue weighted by Gasteiger charge is 2.26. The van der Waals surface area contributed by atoms with E-state index in [9.17, 15) is 9.59 Å². The molecule has 0 bridgehead atoms. The number of hydrogen-bond donors (Lipinski definition) is 1. The van der Waals surface area contributed by atoms with Crippen molar-refractivity contribution in [3.8, 4) is 0 Å². The van der Waals surface area contributed by atoms with Crippen LogP contribution in [0.5, 0.6) is 0 Å². The molecule has 132 valence electrons. The van der Waals surface area contributed by atoms with Gasteiger partial charge in [-0.25, -0.2) is 0 Å². The summed E-state index contributed by atoms with van der Waals surface area (Å²) in [5.41, 5.74) is 1.19. The third-order valence-corrected chi connectivity index (χ3v) is 4.80. The molecule has 2 rings (SSSR count). The van der Waals surface area contributed by atoms with Crippen LogP contribution in [-0.2, 0) is 0 Å². The van der Waals surface area contributed by atoms with Gasteiger partial charge in [0, 0.05) is 30.3 Å². The largest absolute Gasteiger partial charge is 0.352 e. The molecule has 1 heterocycles. The number of nitrogens with one attached hydrogen (secondary N) is 1. The molecule has 1 fully saturated rings. The third kappa shape index (κ3) is 4.83. The fourth-order valence-corrected chi connectivity index (χ4v) is 3.33. The molecule has 0 spiro atoms. The Balaban J connectivity index is 2.03. The molecule has 1 atom stereocenters. The van der Waals surface area contributed by atoms with E-state index in [1.807, 2.05) is 11.0 Å². The molecule has 0 aliphatic carbocycles. The molecular formula is C20H30N2O2. The number of rotatable bonds is 7. The molecule has 4 heteroatoms. The van der Waals surface area contributed by atoms with Gasteiger partial charge in [0.1, 0.15) is 0 Å². The minimum absolute atomic E-state index is 0.0576. The van der Waals surface area contributed by atoms with Crippen LogP contribution in [0.2, 0.25) is 0 Å². The van der Waals surface area contributed by atoms with E-state index >= 15 is 0 Å². The van der Waals surface area contributed by atoms with Crippen LogP contribution in [0.4, 0.5) is 0 Å². The molecule has 0 saturated carbocycles. The van der Waals surface area contributed by atoms with Crippen LogP contribution in [0.25, 0.3) is 0 Å². The van der Waals surface area contributed by atoms with Gasteiger partial charge in [-0.05, 0) is 50.3 Å². The number of unbranched alkanes of at least 4 members (excludes halogenated alkanes) is 2. The summed E-state index contributed by atoms with van der Waals surface area (Å²) in [7, 11) is 0. The van der Waals surface area contributed by atoms with Crippen molar-refractivity contribution in [2.45, 2.75) is 64.8 Å². The van der Waals surface area contributed by atoms with E-state index in [2.05, 4.69) is 19.2 Å². The van der Waals surface area contributed by atoms with Crippen molar-refractivity contribution in [2.75, 3.05) is 13.1 Å². The van der Waals surface area contributed by atoms with Crippen molar-refractivity contribution in [3.63, 3.8) is 0 Å². The quantitative estimate of drug-likeness (QED) is 0.768. The van der Waals surface area contributed by atoms with Crippen LogP contribution < -0.4 is 5.32 Å². The molecule has 1 N–H and O–H groups in total. The lowest BCUT2D eigenvalue weighted by molar-refractivity contribution is 0.0608. The highest BCUT2D eigenvalue weighted by atomic mass is 16.2. The Morgan fingerprint density at radius 1 is 1.17 bits per heavy atom. The number of likely N-dealkylation sites (tertiary alicyclic amines) is 1. The fourth-order valence-electron chi connectivity index (χ4n) is 3.33. The maximum absolute atomic E-state index is 12.8. The Labute approximate surface area is 145 Å². The van der Waals surface area contributed by atoms with Crippen molar-refractivity contribution >= 4 is 11.8 Å². The van der Waals surface area contributed by atoms with Crippen molar-refractivity contribution in [1.82, 2.24) is 10.2 Å². The molecule has 0 aromatic heterocycles. The van der Waals surface area contributed by atoms with E-state index in [1.54, 1.807) is 18.2 Å². The number of amides is 2. The van der Waals surface area contributed by atoms with E-state index in [1.165, 1.54) is 6.42 Å². The smallest absolute Gasteiger partial charge is 0.254 e. The Hall–Kier alpha value is -1.84. The molecule has 0 radical (unpaired) electrons. The van der Waals surface area contributed by atoms with Crippen molar-refractivity contribution in [2.24, 2.45) is 0 Å². The third-order valence-electron chi connectivity index (χ3n) is 4.80. The van der Waals surface area contributed by atoms with E-state index in [4.69, 9.17) is 0 Å². The highest BCUT2D eigenvalue weighted by Crippen LogP contribution is 2.22. The minimum atomic E-state index is -0.0913. The van der Waals surface area contributed by atoms with Crippen LogP contribution >= 0.6 is 0 Å². The average Bonchev–Trinajstić information content (AvgIpc) is 2.64. The summed E-state index contributed by atoms with van der Waals surface area (Å²) in [4.78, 5) is 27.1. The average molecular weight is 330 g/mol. The summed E-state index contributed by atoms with van der Waals surface area (Å²) >= 11 is 0. The normalized spacial score (nSPS) is 17.6. The lowest BCUT2D eigenvalue weighted by Crippen LogP contribution is -2.43. The van der Waals surface area contributed by atoms with Crippen LogP contribution in [0.3, 0.4) is 0 Å². The van der Waals surface area contributed by atoms with E-state index in [0.717, 1.165) is 45.1 Å². The maximum atomic E-state index is 12.8. The second kappa shape index (κ2) is 9.45. The van der Waals surface area contributed by atoms with Gasteiger partial charge in [-0.2, -0.15) is 0 Å². The SMILES string of the molecule is CCCCCNC(=O)c1cccc(C(=O)N2CCCCC2CC)c1. The summed E-state index contributed by atoms with van der Waals surface area (Å²) in [6, 6.07) is 7.47. The van der Waals surface area contributed by atoms with Crippen molar-refractivity contribution in [3.05, 3.63) is 35.4 Å². The zero-order chi connectivity index (χ0) is 17.4. The Morgan fingerprint density at radius 3 is 2.71 bits per heavy atom. The monoisotopic (exact) mass is 330 g/mol. The Bertz CT molecular complexity index is 556. The molecule has 1 saturated heterocycles. The van der Waals surface area contributed by atoms with Gasteiger partial charge >= 0.3 is 0 Å². The first kappa shape index (κ1) is 18.5. The fraction of sp³-hybridized carbons (Fsp3) is 0.600. The van der Waals surface area contributed by atoms with Gasteiger partial charge < -0.3 is 10.2 Å². The van der Waals surface area contributed by atoms with Crippen LogP contribution in [0.15, 0.2) is 24.3 Å². The van der Waals surface area contributed by atoms with Gasteiger partial charge in [0.25, 0.3) is 11.8 Å². The van der Waals surface area contributed by atoms with Crippen molar-refractivity contribution < 1.29 is 9.59 Å². The standard InChI is InChI=1S/C20H30N2O2/c1-3-5-7-13-21-19(23)16-10-9-11-17(15-16)20(24)22-14-8-6-12-18(22)4-2/h9-11,15,18H,3-8,12-14H2,1-2H3,(H,21,23). The molecular weight excluding hydrogens is 300 g/mol. The number of hydrogen-bond acceptors (Lipinski definition) is 2. The summed E-state index contributed by atoms with van der Waals surface area (Å²) in [5.74, 6) is -0.0337. The highest BCUT2D eigenvalue weighted by molar-refractivity contribution is 5.99. The number of benzene rings is 1. The summed E-state index contributed by atoms with van der Waals surface area (Å²) in [6.45, 7) is 5.79. The van der Waals surface area contributed by atoms with E-state index in [-0.39, 0.29) is 11.8 Å². The van der Waals surface area contributed by atoms with Crippen molar-refractivity contribution in [1.29, 1.82) is 0 Å². The second-order valence-corrected chi connectivity index (χ2v) is 6.60. The first-order valence-corrected chi connectivity index (χ1v) is 9.36. The molecule has 1 aromatic carbocycles. The molecule has 1 unspecified atom stereocenters. The number of carbonyl (C=O) groups is 2. The summed E-state index contributed by atoms with van der Waals surface area (Å²) < 4.78 is 0. The maximum Gasteiger partial charge on any atom is 0.254 e. The zero-order valence-electron chi connectivity index (χ0n) is 15.0. The number of carbonyl (C=O) groups excluding carboxylic acids is 2. The topological polar surface area (TPSA) is 49.4 Å². The zero-order valence-corrected chi connectivity index (χ0v) is 15.0. The summed E-state index contributed by atoms with van der Waals surface area (Å²) in [6.07, 6.45) is 7.58. The summed E-state index contributed by atoms with van der Waals surface area (Å²) in [5, 5.41) is 2.94. The second-order valence-electron chi connectivity index (χ2n) is 6.60. The number of piperidine rings is 1. The lowest BCUT2D eigenvalue weighted by atomic mass is 9.98. The van der Waals surface area contributed by atoms with Gasteiger partial charge in [-0.1, -0.05) is 32.8 Å². The molecule has 1 aromatic rings. The van der Waals surface area contributed by atoms with Gasteiger partial charge in [0.2, 0.25) is 0 Å². The van der Waals surface area contributed by atoms with Gasteiger partial charge in [-0.3, -0.25) is 9.59 Å². The van der Waals surface area contributed by atoms with Crippen LogP contribution in [0, 0.1) is 0 Å². The first-order chi connectivity index (χ1) is 11.7. The van der Waals surface area contributed by atoms with Crippen LogP contribution in [-0.4, -0.2) is 35.8 Å². The predicted octanol–water partition coefficient (Wildman–Crippen LogP) is 4.01. The first-order valence-electron chi connectivity index (χ1n) is 9.36. The van der Waals surface area contributed by atoms with E-state index in [0.29, 0.717) is 23.7 Å². The lowest BCUT2D eigenvalue weighted by Gasteiger charge is -2.35. The van der Waals surface area contributed by atoms with E-state index < -0.39 is 0 Å².